The summed E-state index contributed by atoms with van der Waals surface area (Å²) in [6, 6.07) is 18.2. The Morgan fingerprint density at radius 3 is 2.46 bits per heavy atom. The first-order valence-electron chi connectivity index (χ1n) is 8.21. The summed E-state index contributed by atoms with van der Waals surface area (Å²) in [5, 5.41) is 0. The van der Waals surface area contributed by atoms with Gasteiger partial charge in [0.15, 0.2) is 0 Å². The number of nitrogens with zero attached hydrogens (tertiary/aromatic N) is 2. The summed E-state index contributed by atoms with van der Waals surface area (Å²) < 4.78 is 6.01. The second-order valence-corrected chi connectivity index (χ2v) is 5.81. The normalized spacial score (nSPS) is 14.9. The SMILES string of the molecule is C(=C1/CCCN=C1c1cccnc1)/c1ccc(-c2ccccc2)o1.Cl.Cl. The van der Waals surface area contributed by atoms with E-state index in [-0.39, 0.29) is 24.8 Å². The van der Waals surface area contributed by atoms with Gasteiger partial charge in [-0.3, -0.25) is 9.98 Å². The molecule has 0 bridgehead atoms. The van der Waals surface area contributed by atoms with Crippen molar-refractivity contribution in [3.8, 4) is 11.3 Å². The van der Waals surface area contributed by atoms with E-state index in [4.69, 9.17) is 9.41 Å². The molecule has 1 aliphatic heterocycles. The number of furan rings is 1. The summed E-state index contributed by atoms with van der Waals surface area (Å²) in [5.41, 5.74) is 4.40. The molecule has 0 N–H and O–H groups in total. The van der Waals surface area contributed by atoms with Crippen molar-refractivity contribution in [2.45, 2.75) is 12.8 Å². The molecule has 5 heteroatoms. The van der Waals surface area contributed by atoms with Crippen molar-refractivity contribution in [1.29, 1.82) is 0 Å². The van der Waals surface area contributed by atoms with Gasteiger partial charge in [-0.2, -0.15) is 0 Å². The molecular formula is C21H20Cl2N2O. The second-order valence-electron chi connectivity index (χ2n) is 5.81. The Morgan fingerprint density at radius 1 is 0.885 bits per heavy atom. The van der Waals surface area contributed by atoms with E-state index in [2.05, 4.69) is 29.3 Å². The lowest BCUT2D eigenvalue weighted by Crippen LogP contribution is -2.11. The van der Waals surface area contributed by atoms with Gasteiger partial charge in [0, 0.05) is 30.1 Å². The number of hydrogen-bond acceptors (Lipinski definition) is 3. The highest BCUT2D eigenvalue weighted by molar-refractivity contribution is 6.15. The quantitative estimate of drug-likeness (QED) is 0.565. The predicted molar refractivity (Wildman–Crippen MR) is 111 cm³/mol. The van der Waals surface area contributed by atoms with Crippen molar-refractivity contribution in [3.63, 3.8) is 0 Å². The van der Waals surface area contributed by atoms with Crippen LogP contribution in [0.5, 0.6) is 0 Å². The zero-order valence-electron chi connectivity index (χ0n) is 14.2. The van der Waals surface area contributed by atoms with Gasteiger partial charge >= 0.3 is 0 Å². The highest BCUT2D eigenvalue weighted by Crippen LogP contribution is 2.26. The van der Waals surface area contributed by atoms with Gasteiger partial charge in [0.1, 0.15) is 11.5 Å². The number of halogens is 2. The van der Waals surface area contributed by atoms with Gasteiger partial charge in [0.25, 0.3) is 0 Å². The van der Waals surface area contributed by atoms with Gasteiger partial charge < -0.3 is 4.42 Å². The molecule has 26 heavy (non-hydrogen) atoms. The predicted octanol–water partition coefficient (Wildman–Crippen LogP) is 5.85. The third kappa shape index (κ3) is 4.43. The molecule has 134 valence electrons. The van der Waals surface area contributed by atoms with Gasteiger partial charge in [-0.1, -0.05) is 30.3 Å². The lowest BCUT2D eigenvalue weighted by molar-refractivity contribution is 0.571. The molecule has 0 unspecified atom stereocenters. The second kappa shape index (κ2) is 9.37. The van der Waals surface area contributed by atoms with E-state index < -0.39 is 0 Å². The topological polar surface area (TPSA) is 38.4 Å². The van der Waals surface area contributed by atoms with Crippen molar-refractivity contribution < 1.29 is 4.42 Å². The van der Waals surface area contributed by atoms with Crippen LogP contribution in [0.25, 0.3) is 17.4 Å². The average molecular weight is 387 g/mol. The van der Waals surface area contributed by atoms with Crippen molar-refractivity contribution in [1.82, 2.24) is 4.98 Å². The largest absolute Gasteiger partial charge is 0.457 e. The van der Waals surface area contributed by atoms with Crippen LogP contribution in [-0.4, -0.2) is 17.2 Å². The smallest absolute Gasteiger partial charge is 0.134 e. The van der Waals surface area contributed by atoms with E-state index in [1.54, 1.807) is 6.20 Å². The monoisotopic (exact) mass is 386 g/mol. The molecule has 0 fully saturated rings. The van der Waals surface area contributed by atoms with Crippen LogP contribution in [0.4, 0.5) is 0 Å². The minimum absolute atomic E-state index is 0. The van der Waals surface area contributed by atoms with Crippen LogP contribution in [0.2, 0.25) is 0 Å². The van der Waals surface area contributed by atoms with Crippen LogP contribution in [0.1, 0.15) is 24.2 Å². The van der Waals surface area contributed by atoms with Crippen molar-refractivity contribution in [2.75, 3.05) is 6.54 Å². The van der Waals surface area contributed by atoms with Crippen LogP contribution in [0.15, 0.2) is 82.0 Å². The molecule has 0 amide bonds. The molecule has 0 radical (unpaired) electrons. The van der Waals surface area contributed by atoms with E-state index in [1.165, 1.54) is 5.57 Å². The van der Waals surface area contributed by atoms with Gasteiger partial charge in [0.2, 0.25) is 0 Å². The summed E-state index contributed by atoms with van der Waals surface area (Å²) in [5.74, 6) is 1.75. The minimum atomic E-state index is 0. The Labute approximate surface area is 165 Å². The molecule has 3 heterocycles. The van der Waals surface area contributed by atoms with Gasteiger partial charge in [-0.15, -0.1) is 24.8 Å². The Hall–Kier alpha value is -2.36. The Morgan fingerprint density at radius 2 is 1.69 bits per heavy atom. The van der Waals surface area contributed by atoms with E-state index in [0.717, 1.165) is 47.7 Å². The van der Waals surface area contributed by atoms with E-state index in [9.17, 15) is 0 Å². The third-order valence-electron chi connectivity index (χ3n) is 4.11. The zero-order chi connectivity index (χ0) is 16.2. The third-order valence-corrected chi connectivity index (χ3v) is 4.11. The first-order chi connectivity index (χ1) is 11.9. The number of pyridine rings is 1. The van der Waals surface area contributed by atoms with Gasteiger partial charge in [-0.05, 0) is 48.8 Å². The fourth-order valence-corrected chi connectivity index (χ4v) is 2.96. The number of aliphatic imine (C=N–C) groups is 1. The van der Waals surface area contributed by atoms with Crippen molar-refractivity contribution >= 4 is 36.6 Å². The molecule has 3 aromatic rings. The standard InChI is InChI=1S/C21H18N2O.2ClH/c1-2-6-16(7-3-1)20-11-10-19(24-20)14-17-8-5-13-23-21(17)18-9-4-12-22-15-18;;/h1-4,6-7,9-12,14-15H,5,8,13H2;2*1H/b17-14+;;. The first kappa shape index (κ1) is 20.0. The van der Waals surface area contributed by atoms with Crippen molar-refractivity contribution in [3.05, 3.63) is 83.9 Å². The first-order valence-corrected chi connectivity index (χ1v) is 8.21. The fourth-order valence-electron chi connectivity index (χ4n) is 2.96. The number of rotatable bonds is 3. The van der Waals surface area contributed by atoms with Crippen LogP contribution in [-0.2, 0) is 0 Å². The molecule has 3 nitrogen and oxygen atoms in total. The summed E-state index contributed by atoms with van der Waals surface area (Å²) in [7, 11) is 0. The molecule has 4 rings (SSSR count). The lowest BCUT2D eigenvalue weighted by atomic mass is 9.96. The Kier molecular flexibility index (Phi) is 7.19. The molecular weight excluding hydrogens is 367 g/mol. The molecule has 0 atom stereocenters. The van der Waals surface area contributed by atoms with Crippen LogP contribution in [0.3, 0.4) is 0 Å². The average Bonchev–Trinajstić information content (AvgIpc) is 3.12. The lowest BCUT2D eigenvalue weighted by Gasteiger charge is -2.15. The number of hydrogen-bond donors (Lipinski definition) is 0. The van der Waals surface area contributed by atoms with Crippen molar-refractivity contribution in [2.24, 2.45) is 4.99 Å². The molecule has 1 aromatic carbocycles. The number of allylic oxidation sites excluding steroid dienone is 1. The minimum Gasteiger partial charge on any atom is -0.457 e. The van der Waals surface area contributed by atoms with Gasteiger partial charge in [-0.25, -0.2) is 0 Å². The Balaban J connectivity index is 0.00000121. The maximum Gasteiger partial charge on any atom is 0.134 e. The summed E-state index contributed by atoms with van der Waals surface area (Å²) >= 11 is 0. The Bertz CT molecular complexity index is 887. The van der Waals surface area contributed by atoms with Crippen LogP contribution >= 0.6 is 24.8 Å². The van der Waals surface area contributed by atoms with Gasteiger partial charge in [0.05, 0.1) is 5.71 Å². The molecule has 0 spiro atoms. The molecule has 0 saturated heterocycles. The molecule has 2 aromatic heterocycles. The van der Waals surface area contributed by atoms with E-state index in [1.807, 2.05) is 42.6 Å². The zero-order valence-corrected chi connectivity index (χ0v) is 15.8. The maximum absolute atomic E-state index is 6.01. The van der Waals surface area contributed by atoms with Crippen LogP contribution in [0, 0.1) is 0 Å². The van der Waals surface area contributed by atoms with E-state index in [0.29, 0.717) is 0 Å². The fraction of sp³-hybridized carbons (Fsp3) is 0.143. The van der Waals surface area contributed by atoms with Crippen LogP contribution < -0.4 is 0 Å². The highest BCUT2D eigenvalue weighted by atomic mass is 35.5. The highest BCUT2D eigenvalue weighted by Gasteiger charge is 2.15. The molecule has 1 aliphatic rings. The number of benzene rings is 1. The maximum atomic E-state index is 6.01. The van der Waals surface area contributed by atoms with E-state index >= 15 is 0 Å². The summed E-state index contributed by atoms with van der Waals surface area (Å²) in [6.45, 7) is 0.870. The number of aromatic nitrogens is 1. The summed E-state index contributed by atoms with van der Waals surface area (Å²) in [6.07, 6.45) is 7.85. The molecule has 0 saturated carbocycles. The summed E-state index contributed by atoms with van der Waals surface area (Å²) in [4.78, 5) is 8.92. The molecule has 0 aliphatic carbocycles.